The Morgan fingerprint density at radius 2 is 1.91 bits per heavy atom. The van der Waals surface area contributed by atoms with Crippen LogP contribution in [-0.2, 0) is 0 Å². The molecule has 0 atom stereocenters. The third-order valence-corrected chi connectivity index (χ3v) is 4.71. The molecule has 0 aliphatic rings. The van der Waals surface area contributed by atoms with Crippen LogP contribution in [0, 0.1) is 0 Å². The number of nitrogens with two attached hydrogens (primary N) is 1. The van der Waals surface area contributed by atoms with E-state index in [1.807, 2.05) is 24.3 Å². The fourth-order valence-corrected chi connectivity index (χ4v) is 3.19. The molecule has 0 spiro atoms. The van der Waals surface area contributed by atoms with Gasteiger partial charge in [0.2, 0.25) is 0 Å². The van der Waals surface area contributed by atoms with Crippen molar-refractivity contribution in [2.45, 2.75) is 13.8 Å². The van der Waals surface area contributed by atoms with E-state index in [0.717, 1.165) is 35.8 Å². The standard InChI is InChI=1S/C17H22N2O3S/c1-3-19(4-2)9-10-22-13-7-5-12(6-8-13)15-11-14(17(20)21)16(18)23-15/h5-8,11H,3-4,9-10,18H2,1-2H3,(H,20,21). The van der Waals surface area contributed by atoms with Gasteiger partial charge in [-0.15, -0.1) is 11.3 Å². The average Bonchev–Trinajstić information content (AvgIpc) is 2.94. The maximum atomic E-state index is 11.0. The Balaban J connectivity index is 1.99. The lowest BCUT2D eigenvalue weighted by molar-refractivity contribution is 0.0698. The van der Waals surface area contributed by atoms with Gasteiger partial charge in [0.1, 0.15) is 17.4 Å². The first kappa shape index (κ1) is 17.3. The molecular weight excluding hydrogens is 312 g/mol. The molecule has 0 radical (unpaired) electrons. The number of thiophene rings is 1. The van der Waals surface area contributed by atoms with E-state index < -0.39 is 5.97 Å². The van der Waals surface area contributed by atoms with Crippen molar-refractivity contribution in [3.63, 3.8) is 0 Å². The first-order chi connectivity index (χ1) is 11.0. The smallest absolute Gasteiger partial charge is 0.338 e. The topological polar surface area (TPSA) is 75.8 Å². The largest absolute Gasteiger partial charge is 0.492 e. The third-order valence-electron chi connectivity index (χ3n) is 3.70. The molecule has 0 aliphatic heterocycles. The van der Waals surface area contributed by atoms with Crippen LogP contribution in [0.4, 0.5) is 5.00 Å². The van der Waals surface area contributed by atoms with E-state index in [2.05, 4.69) is 18.7 Å². The Kier molecular flexibility index (Phi) is 6.01. The molecule has 0 fully saturated rings. The van der Waals surface area contributed by atoms with Crippen molar-refractivity contribution < 1.29 is 14.6 Å². The van der Waals surface area contributed by atoms with Gasteiger partial charge >= 0.3 is 5.97 Å². The predicted molar refractivity (Wildman–Crippen MR) is 94.4 cm³/mol. The molecule has 5 nitrogen and oxygen atoms in total. The van der Waals surface area contributed by atoms with Crippen LogP contribution in [0.2, 0.25) is 0 Å². The molecule has 0 aliphatic carbocycles. The molecule has 23 heavy (non-hydrogen) atoms. The van der Waals surface area contributed by atoms with E-state index in [9.17, 15) is 4.79 Å². The minimum Gasteiger partial charge on any atom is -0.492 e. The summed E-state index contributed by atoms with van der Waals surface area (Å²) in [5.74, 6) is -0.190. The number of likely N-dealkylation sites (N-methyl/N-ethyl adjacent to an activating group) is 1. The van der Waals surface area contributed by atoms with Crippen LogP contribution >= 0.6 is 11.3 Å². The number of nitrogen functional groups attached to an aromatic ring is 1. The van der Waals surface area contributed by atoms with Crippen molar-refractivity contribution in [1.29, 1.82) is 0 Å². The number of anilines is 1. The summed E-state index contributed by atoms with van der Waals surface area (Å²) in [6, 6.07) is 9.24. The summed E-state index contributed by atoms with van der Waals surface area (Å²) in [6.07, 6.45) is 0. The Bertz CT molecular complexity index is 648. The quantitative estimate of drug-likeness (QED) is 0.773. The maximum absolute atomic E-state index is 11.0. The molecular formula is C17H22N2O3S. The number of carbonyl (C=O) groups is 1. The number of carboxylic acids is 1. The lowest BCUT2D eigenvalue weighted by Gasteiger charge is -2.18. The zero-order valence-electron chi connectivity index (χ0n) is 13.4. The van der Waals surface area contributed by atoms with Crippen molar-refractivity contribution in [3.05, 3.63) is 35.9 Å². The molecule has 0 bridgehead atoms. The number of nitrogens with zero attached hydrogens (tertiary/aromatic N) is 1. The highest BCUT2D eigenvalue weighted by Gasteiger charge is 2.13. The lowest BCUT2D eigenvalue weighted by atomic mass is 10.1. The second-order valence-electron chi connectivity index (χ2n) is 5.09. The minimum atomic E-state index is -0.999. The molecule has 6 heteroatoms. The number of hydrogen-bond donors (Lipinski definition) is 2. The van der Waals surface area contributed by atoms with Gasteiger partial charge in [-0.05, 0) is 49.0 Å². The number of ether oxygens (including phenoxy) is 1. The molecule has 0 amide bonds. The second-order valence-corrected chi connectivity index (χ2v) is 6.18. The van der Waals surface area contributed by atoms with Crippen molar-refractivity contribution in [2.75, 3.05) is 32.0 Å². The Hall–Kier alpha value is -2.05. The van der Waals surface area contributed by atoms with E-state index in [0.29, 0.717) is 11.6 Å². The van der Waals surface area contributed by atoms with Crippen LogP contribution in [0.5, 0.6) is 5.75 Å². The molecule has 1 heterocycles. The Morgan fingerprint density at radius 3 is 2.43 bits per heavy atom. The van der Waals surface area contributed by atoms with Crippen LogP contribution < -0.4 is 10.5 Å². The van der Waals surface area contributed by atoms with Gasteiger partial charge in [0, 0.05) is 11.4 Å². The summed E-state index contributed by atoms with van der Waals surface area (Å²) in [5.41, 5.74) is 6.83. The summed E-state index contributed by atoms with van der Waals surface area (Å²) in [7, 11) is 0. The third kappa shape index (κ3) is 4.46. The van der Waals surface area contributed by atoms with E-state index in [-0.39, 0.29) is 5.56 Å². The number of carboxylic acid groups (broad SMARTS) is 1. The predicted octanol–water partition coefficient (Wildman–Crippen LogP) is 3.42. The molecule has 124 valence electrons. The zero-order chi connectivity index (χ0) is 16.8. The first-order valence-corrected chi connectivity index (χ1v) is 8.45. The van der Waals surface area contributed by atoms with Crippen LogP contribution in [-0.4, -0.2) is 42.2 Å². The molecule has 1 aromatic heterocycles. The minimum absolute atomic E-state index is 0.157. The van der Waals surface area contributed by atoms with Crippen LogP contribution in [0.15, 0.2) is 30.3 Å². The van der Waals surface area contributed by atoms with Crippen LogP contribution in [0.1, 0.15) is 24.2 Å². The first-order valence-electron chi connectivity index (χ1n) is 7.63. The lowest BCUT2D eigenvalue weighted by Crippen LogP contribution is -2.27. The van der Waals surface area contributed by atoms with E-state index in [1.165, 1.54) is 11.3 Å². The molecule has 2 rings (SSSR count). The van der Waals surface area contributed by atoms with Gasteiger partial charge in [-0.25, -0.2) is 4.79 Å². The van der Waals surface area contributed by atoms with Crippen molar-refractivity contribution >= 4 is 22.3 Å². The monoisotopic (exact) mass is 334 g/mol. The molecule has 2 aromatic rings. The molecule has 0 unspecified atom stereocenters. The number of benzene rings is 1. The highest BCUT2D eigenvalue weighted by atomic mass is 32.1. The van der Waals surface area contributed by atoms with Gasteiger partial charge in [0.05, 0.1) is 5.56 Å². The van der Waals surface area contributed by atoms with Crippen molar-refractivity contribution in [3.8, 4) is 16.2 Å². The maximum Gasteiger partial charge on any atom is 0.338 e. The van der Waals surface area contributed by atoms with Crippen LogP contribution in [0.25, 0.3) is 10.4 Å². The average molecular weight is 334 g/mol. The summed E-state index contributed by atoms with van der Waals surface area (Å²) in [5, 5.41) is 9.38. The van der Waals surface area contributed by atoms with Gasteiger partial charge in [0.15, 0.2) is 0 Å². The summed E-state index contributed by atoms with van der Waals surface area (Å²) in [4.78, 5) is 14.2. The van der Waals surface area contributed by atoms with Gasteiger partial charge in [-0.2, -0.15) is 0 Å². The van der Waals surface area contributed by atoms with E-state index in [1.54, 1.807) is 6.07 Å². The summed E-state index contributed by atoms with van der Waals surface area (Å²) >= 11 is 1.28. The Labute approximate surface area is 140 Å². The number of rotatable bonds is 8. The number of aromatic carboxylic acids is 1. The fraction of sp³-hybridized carbons (Fsp3) is 0.353. The second kappa shape index (κ2) is 7.99. The highest BCUT2D eigenvalue weighted by Crippen LogP contribution is 2.34. The van der Waals surface area contributed by atoms with E-state index in [4.69, 9.17) is 15.6 Å². The zero-order valence-corrected chi connectivity index (χ0v) is 14.2. The summed E-state index contributed by atoms with van der Waals surface area (Å²) < 4.78 is 5.74. The van der Waals surface area contributed by atoms with Gasteiger partial charge in [0.25, 0.3) is 0 Å². The van der Waals surface area contributed by atoms with Crippen molar-refractivity contribution in [1.82, 2.24) is 4.90 Å². The Morgan fingerprint density at radius 1 is 1.26 bits per heavy atom. The highest BCUT2D eigenvalue weighted by molar-refractivity contribution is 7.19. The van der Waals surface area contributed by atoms with Gasteiger partial charge < -0.3 is 20.5 Å². The van der Waals surface area contributed by atoms with Gasteiger partial charge in [-0.1, -0.05) is 13.8 Å². The normalized spacial score (nSPS) is 10.9. The molecule has 1 aromatic carbocycles. The van der Waals surface area contributed by atoms with E-state index >= 15 is 0 Å². The molecule has 0 saturated carbocycles. The number of hydrogen-bond acceptors (Lipinski definition) is 5. The SMILES string of the molecule is CCN(CC)CCOc1ccc(-c2cc(C(=O)O)c(N)s2)cc1. The summed E-state index contributed by atoms with van der Waals surface area (Å²) in [6.45, 7) is 7.86. The fourth-order valence-electron chi connectivity index (χ4n) is 2.26. The van der Waals surface area contributed by atoms with Crippen LogP contribution in [0.3, 0.4) is 0 Å². The molecule has 3 N–H and O–H groups in total. The molecule has 0 saturated heterocycles. The van der Waals surface area contributed by atoms with Crippen molar-refractivity contribution in [2.24, 2.45) is 0 Å². The van der Waals surface area contributed by atoms with Gasteiger partial charge in [-0.3, -0.25) is 0 Å².